The summed E-state index contributed by atoms with van der Waals surface area (Å²) in [4.78, 5) is 30.2. The predicted octanol–water partition coefficient (Wildman–Crippen LogP) is 4.28. The van der Waals surface area contributed by atoms with Crippen LogP contribution in [-0.4, -0.2) is 62.0 Å². The SMILES string of the molecule is COc1cc2c3c([n+](C)c4ccccc4c3c1)-c1ccc(/C=C/C(=O)N3CCN(C(C)=O)CC3)cc1N2C. The van der Waals surface area contributed by atoms with Crippen molar-refractivity contribution in [3.8, 4) is 17.0 Å². The standard InChI is InChI=1S/C31H31N4O3/c1-20(36)34-13-15-35(16-14-34)29(37)12-10-21-9-11-24-27(17-21)32(2)28-19-22(38-4)18-25-23-7-5-6-8-26(23)33(3)31(24)30(25)28/h5-12,17-19H,13-16H2,1-4H3/q+1/b12-10+. The van der Waals surface area contributed by atoms with Crippen LogP contribution < -0.4 is 14.2 Å². The molecule has 0 unspecified atom stereocenters. The molecule has 192 valence electrons. The second kappa shape index (κ2) is 9.17. The van der Waals surface area contributed by atoms with Gasteiger partial charge in [-0.3, -0.25) is 9.59 Å². The summed E-state index contributed by atoms with van der Waals surface area (Å²) in [5.41, 5.74) is 6.58. The summed E-state index contributed by atoms with van der Waals surface area (Å²) in [6, 6.07) is 19.0. The fourth-order valence-corrected chi connectivity index (χ4v) is 5.82. The molecule has 6 rings (SSSR count). The third-order valence-electron chi connectivity index (χ3n) is 7.91. The topological polar surface area (TPSA) is 57.0 Å². The lowest BCUT2D eigenvalue weighted by atomic mass is 9.92. The van der Waals surface area contributed by atoms with Crippen LogP contribution in [0.5, 0.6) is 5.75 Å². The number of fused-ring (bicyclic) bond motifs is 4. The van der Waals surface area contributed by atoms with Crippen molar-refractivity contribution >= 4 is 50.9 Å². The van der Waals surface area contributed by atoms with E-state index in [0.29, 0.717) is 26.2 Å². The highest BCUT2D eigenvalue weighted by molar-refractivity contribution is 6.18. The van der Waals surface area contributed by atoms with Crippen LogP contribution in [0.1, 0.15) is 12.5 Å². The molecule has 7 nitrogen and oxygen atoms in total. The number of anilines is 2. The van der Waals surface area contributed by atoms with Gasteiger partial charge in [-0.15, -0.1) is 0 Å². The minimum Gasteiger partial charge on any atom is -0.497 e. The number of amides is 2. The Morgan fingerprint density at radius 1 is 0.921 bits per heavy atom. The Hall–Kier alpha value is -4.39. The van der Waals surface area contributed by atoms with Gasteiger partial charge in [-0.05, 0) is 35.9 Å². The van der Waals surface area contributed by atoms with Crippen molar-refractivity contribution in [3.05, 3.63) is 66.2 Å². The molecule has 0 spiro atoms. The molecule has 0 N–H and O–H groups in total. The lowest BCUT2D eigenvalue weighted by molar-refractivity contribution is -0.632. The van der Waals surface area contributed by atoms with Crippen LogP contribution in [0, 0.1) is 0 Å². The highest BCUT2D eigenvalue weighted by Crippen LogP contribution is 2.48. The molecule has 1 saturated heterocycles. The summed E-state index contributed by atoms with van der Waals surface area (Å²) in [5.74, 6) is 0.846. The summed E-state index contributed by atoms with van der Waals surface area (Å²) in [6.45, 7) is 3.85. The molecule has 0 radical (unpaired) electrons. The smallest absolute Gasteiger partial charge is 0.246 e. The zero-order chi connectivity index (χ0) is 26.6. The summed E-state index contributed by atoms with van der Waals surface area (Å²) < 4.78 is 7.98. The highest BCUT2D eigenvalue weighted by atomic mass is 16.5. The maximum absolute atomic E-state index is 12.8. The monoisotopic (exact) mass is 507 g/mol. The third kappa shape index (κ3) is 3.77. The summed E-state index contributed by atoms with van der Waals surface area (Å²) in [5, 5.41) is 3.55. The fourth-order valence-electron chi connectivity index (χ4n) is 5.82. The second-order valence-electron chi connectivity index (χ2n) is 9.99. The van der Waals surface area contributed by atoms with E-state index in [4.69, 9.17) is 4.74 Å². The van der Waals surface area contributed by atoms with E-state index in [9.17, 15) is 9.59 Å². The summed E-state index contributed by atoms with van der Waals surface area (Å²) in [6.07, 6.45) is 3.52. The Morgan fingerprint density at radius 3 is 2.39 bits per heavy atom. The van der Waals surface area contributed by atoms with Crippen LogP contribution in [-0.2, 0) is 16.6 Å². The number of carbonyl (C=O) groups is 2. The molecular weight excluding hydrogens is 476 g/mol. The van der Waals surface area contributed by atoms with Gasteiger partial charge in [-0.1, -0.05) is 18.2 Å². The first-order valence-electron chi connectivity index (χ1n) is 12.9. The molecule has 2 aliphatic rings. The minimum atomic E-state index is -0.0306. The molecule has 1 aromatic heterocycles. The molecule has 2 aliphatic heterocycles. The van der Waals surface area contributed by atoms with E-state index >= 15 is 0 Å². The zero-order valence-corrected chi connectivity index (χ0v) is 22.2. The molecule has 3 heterocycles. The van der Waals surface area contributed by atoms with E-state index in [-0.39, 0.29) is 11.8 Å². The van der Waals surface area contributed by atoms with Crippen molar-refractivity contribution in [2.24, 2.45) is 7.05 Å². The maximum atomic E-state index is 12.8. The largest absolute Gasteiger partial charge is 0.497 e. The highest BCUT2D eigenvalue weighted by Gasteiger charge is 2.32. The molecule has 0 aliphatic carbocycles. The lowest BCUT2D eigenvalue weighted by Gasteiger charge is -2.33. The zero-order valence-electron chi connectivity index (χ0n) is 22.2. The van der Waals surface area contributed by atoms with E-state index in [1.165, 1.54) is 21.9 Å². The molecule has 1 fully saturated rings. The molecule has 0 bridgehead atoms. The first kappa shape index (κ1) is 24.0. The first-order chi connectivity index (χ1) is 18.4. The minimum absolute atomic E-state index is 0.0306. The van der Waals surface area contributed by atoms with Gasteiger partial charge in [0, 0.05) is 63.7 Å². The Balaban J connectivity index is 1.40. The molecule has 4 aromatic rings. The molecule has 0 saturated carbocycles. The normalized spacial score (nSPS) is 14.9. The van der Waals surface area contributed by atoms with Gasteiger partial charge in [-0.2, -0.15) is 4.57 Å². The van der Waals surface area contributed by atoms with Crippen molar-refractivity contribution in [1.82, 2.24) is 9.80 Å². The van der Waals surface area contributed by atoms with Crippen molar-refractivity contribution in [2.75, 3.05) is 45.2 Å². The number of hydrogen-bond donors (Lipinski definition) is 0. The van der Waals surface area contributed by atoms with Crippen molar-refractivity contribution < 1.29 is 18.9 Å². The number of rotatable bonds is 3. The van der Waals surface area contributed by atoms with Gasteiger partial charge in [0.1, 0.15) is 12.8 Å². The van der Waals surface area contributed by atoms with Gasteiger partial charge in [-0.25, -0.2) is 0 Å². The fraction of sp³-hybridized carbons (Fsp3) is 0.258. The first-order valence-corrected chi connectivity index (χ1v) is 12.9. The molecule has 38 heavy (non-hydrogen) atoms. The number of aromatic nitrogens is 1. The van der Waals surface area contributed by atoms with Crippen LogP contribution in [0.15, 0.2) is 60.7 Å². The van der Waals surface area contributed by atoms with Crippen molar-refractivity contribution in [1.29, 1.82) is 0 Å². The molecule has 7 heteroatoms. The number of benzene rings is 3. The maximum Gasteiger partial charge on any atom is 0.246 e. The number of methoxy groups -OCH3 is 1. The Morgan fingerprint density at radius 2 is 1.66 bits per heavy atom. The van der Waals surface area contributed by atoms with Crippen LogP contribution in [0.25, 0.3) is 39.0 Å². The van der Waals surface area contributed by atoms with Crippen LogP contribution in [0.2, 0.25) is 0 Å². The number of ether oxygens (including phenoxy) is 1. The van der Waals surface area contributed by atoms with E-state index in [1.807, 2.05) is 6.08 Å². The van der Waals surface area contributed by atoms with Gasteiger partial charge in [0.2, 0.25) is 23.0 Å². The van der Waals surface area contributed by atoms with Crippen LogP contribution in [0.3, 0.4) is 0 Å². The lowest BCUT2D eigenvalue weighted by Crippen LogP contribution is -2.49. The Kier molecular flexibility index (Phi) is 5.79. The average Bonchev–Trinajstić information content (AvgIpc) is 2.95. The number of hydrogen-bond acceptors (Lipinski definition) is 4. The second-order valence-corrected chi connectivity index (χ2v) is 9.99. The molecular formula is C31H31N4O3+. The van der Waals surface area contributed by atoms with Crippen molar-refractivity contribution in [2.45, 2.75) is 6.92 Å². The number of para-hydroxylation sites is 1. The van der Waals surface area contributed by atoms with E-state index in [0.717, 1.165) is 33.8 Å². The number of aryl methyl sites for hydroxylation is 1. The van der Waals surface area contributed by atoms with Gasteiger partial charge in [0.15, 0.2) is 0 Å². The van der Waals surface area contributed by atoms with Crippen LogP contribution >= 0.6 is 0 Å². The molecule has 0 atom stereocenters. The van der Waals surface area contributed by atoms with Crippen molar-refractivity contribution in [3.63, 3.8) is 0 Å². The van der Waals surface area contributed by atoms with E-state index in [2.05, 4.69) is 78.2 Å². The Bertz CT molecular complexity index is 1650. The number of piperazine rings is 1. The predicted molar refractivity (Wildman–Crippen MR) is 151 cm³/mol. The van der Waals surface area contributed by atoms with E-state index in [1.54, 1.807) is 29.9 Å². The molecule has 2 amide bonds. The Labute approximate surface area is 222 Å². The number of nitrogens with zero attached hydrogens (tertiary/aromatic N) is 4. The number of carbonyl (C=O) groups excluding carboxylic acids is 2. The average molecular weight is 508 g/mol. The van der Waals surface area contributed by atoms with Gasteiger partial charge >= 0.3 is 0 Å². The van der Waals surface area contributed by atoms with E-state index < -0.39 is 0 Å². The molecule has 3 aromatic carbocycles. The van der Waals surface area contributed by atoms with Gasteiger partial charge in [0.05, 0.1) is 34.8 Å². The van der Waals surface area contributed by atoms with Gasteiger partial charge in [0.25, 0.3) is 0 Å². The van der Waals surface area contributed by atoms with Crippen LogP contribution in [0.4, 0.5) is 11.4 Å². The third-order valence-corrected chi connectivity index (χ3v) is 7.91. The summed E-state index contributed by atoms with van der Waals surface area (Å²) >= 11 is 0. The van der Waals surface area contributed by atoms with Gasteiger partial charge < -0.3 is 19.4 Å². The quantitative estimate of drug-likeness (QED) is 0.236. The number of pyridine rings is 1. The summed E-state index contributed by atoms with van der Waals surface area (Å²) in [7, 11) is 5.91.